The molecule has 2 aromatic carbocycles. The van der Waals surface area contributed by atoms with Gasteiger partial charge in [0, 0.05) is 5.69 Å². The van der Waals surface area contributed by atoms with Crippen molar-refractivity contribution in [2.45, 2.75) is 24.7 Å². The van der Waals surface area contributed by atoms with Crippen LogP contribution in [0, 0.1) is 0 Å². The van der Waals surface area contributed by atoms with E-state index in [9.17, 15) is 8.42 Å². The Morgan fingerprint density at radius 1 is 0.947 bits per heavy atom. The summed E-state index contributed by atoms with van der Waals surface area (Å²) in [6.45, 7) is 2.12. The van der Waals surface area contributed by atoms with E-state index in [1.165, 1.54) is 5.56 Å². The normalized spacial score (nSPS) is 11.2. The fraction of sp³-hybridized carbons (Fsp3) is 0.200. The predicted molar refractivity (Wildman–Crippen MR) is 77.7 cm³/mol. The molecule has 0 heterocycles. The largest absolute Gasteiger partial charge is 0.280 e. The Bertz CT molecular complexity index is 619. The highest BCUT2D eigenvalue weighted by Gasteiger charge is 2.12. The molecule has 0 fully saturated rings. The zero-order valence-electron chi connectivity index (χ0n) is 10.8. The van der Waals surface area contributed by atoms with Crippen LogP contribution in [0.2, 0.25) is 0 Å². The molecule has 0 aliphatic heterocycles. The van der Waals surface area contributed by atoms with Gasteiger partial charge in [-0.3, -0.25) is 4.72 Å². The van der Waals surface area contributed by atoms with E-state index in [4.69, 9.17) is 0 Å². The van der Waals surface area contributed by atoms with Gasteiger partial charge in [0.2, 0.25) is 0 Å². The summed E-state index contributed by atoms with van der Waals surface area (Å²) in [7, 11) is -3.49. The van der Waals surface area contributed by atoms with Gasteiger partial charge in [-0.05, 0) is 36.2 Å². The standard InChI is InChI=1S/C15H17NO2S/c1-2-6-13-9-11-14(12-10-13)16-19(17,18)15-7-4-3-5-8-15/h3-5,7-12,16H,2,6H2,1H3. The Morgan fingerprint density at radius 2 is 1.58 bits per heavy atom. The lowest BCUT2D eigenvalue weighted by molar-refractivity contribution is 0.601. The van der Waals surface area contributed by atoms with Gasteiger partial charge in [-0.2, -0.15) is 0 Å². The zero-order chi connectivity index (χ0) is 13.7. The first-order valence-electron chi connectivity index (χ1n) is 6.28. The molecule has 0 spiro atoms. The summed E-state index contributed by atoms with van der Waals surface area (Å²) in [6.07, 6.45) is 2.08. The molecule has 0 saturated heterocycles. The van der Waals surface area contributed by atoms with E-state index in [1.807, 2.05) is 12.1 Å². The molecule has 100 valence electrons. The quantitative estimate of drug-likeness (QED) is 0.908. The van der Waals surface area contributed by atoms with E-state index in [0.717, 1.165) is 12.8 Å². The molecule has 3 nitrogen and oxygen atoms in total. The Labute approximate surface area is 114 Å². The summed E-state index contributed by atoms with van der Waals surface area (Å²) in [4.78, 5) is 0.271. The molecule has 0 bridgehead atoms. The van der Waals surface area contributed by atoms with E-state index < -0.39 is 10.0 Å². The van der Waals surface area contributed by atoms with Crippen molar-refractivity contribution >= 4 is 15.7 Å². The fourth-order valence-corrected chi connectivity index (χ4v) is 2.92. The third-order valence-corrected chi connectivity index (χ3v) is 4.20. The fourth-order valence-electron chi connectivity index (χ4n) is 1.84. The minimum Gasteiger partial charge on any atom is -0.280 e. The Balaban J connectivity index is 2.17. The van der Waals surface area contributed by atoms with Gasteiger partial charge in [0.15, 0.2) is 0 Å². The molecule has 2 aromatic rings. The van der Waals surface area contributed by atoms with Crippen molar-refractivity contribution in [3.8, 4) is 0 Å². The first-order valence-corrected chi connectivity index (χ1v) is 7.77. The first-order chi connectivity index (χ1) is 9.12. The molecule has 0 atom stereocenters. The van der Waals surface area contributed by atoms with Gasteiger partial charge in [0.05, 0.1) is 4.90 Å². The summed E-state index contributed by atoms with van der Waals surface area (Å²) in [5.74, 6) is 0. The van der Waals surface area contributed by atoms with Crippen molar-refractivity contribution in [2.24, 2.45) is 0 Å². The number of sulfonamides is 1. The van der Waals surface area contributed by atoms with Crippen LogP contribution < -0.4 is 4.72 Å². The number of benzene rings is 2. The number of aryl methyl sites for hydroxylation is 1. The minimum absolute atomic E-state index is 0.271. The van der Waals surface area contributed by atoms with E-state index in [0.29, 0.717) is 5.69 Å². The lowest BCUT2D eigenvalue weighted by Gasteiger charge is -2.08. The molecule has 19 heavy (non-hydrogen) atoms. The number of anilines is 1. The van der Waals surface area contributed by atoms with Crippen molar-refractivity contribution in [2.75, 3.05) is 4.72 Å². The van der Waals surface area contributed by atoms with Crippen molar-refractivity contribution in [1.82, 2.24) is 0 Å². The van der Waals surface area contributed by atoms with Crippen molar-refractivity contribution in [3.63, 3.8) is 0 Å². The second-order valence-corrected chi connectivity index (χ2v) is 6.05. The van der Waals surface area contributed by atoms with E-state index >= 15 is 0 Å². The van der Waals surface area contributed by atoms with Gasteiger partial charge in [0.1, 0.15) is 0 Å². The van der Waals surface area contributed by atoms with Gasteiger partial charge in [-0.25, -0.2) is 8.42 Å². The lowest BCUT2D eigenvalue weighted by atomic mass is 10.1. The number of hydrogen-bond acceptors (Lipinski definition) is 2. The molecule has 2 rings (SSSR count). The molecule has 0 aliphatic rings. The Morgan fingerprint density at radius 3 is 2.16 bits per heavy atom. The maximum Gasteiger partial charge on any atom is 0.261 e. The number of nitrogens with one attached hydrogen (secondary N) is 1. The van der Waals surface area contributed by atoms with E-state index in [-0.39, 0.29) is 4.90 Å². The molecule has 0 radical (unpaired) electrons. The number of hydrogen-bond donors (Lipinski definition) is 1. The summed E-state index contributed by atoms with van der Waals surface area (Å²) < 4.78 is 26.8. The van der Waals surface area contributed by atoms with Crippen LogP contribution in [0.3, 0.4) is 0 Å². The van der Waals surface area contributed by atoms with Gasteiger partial charge in [0.25, 0.3) is 10.0 Å². The first kappa shape index (κ1) is 13.6. The maximum absolute atomic E-state index is 12.1. The van der Waals surface area contributed by atoms with E-state index in [2.05, 4.69) is 11.6 Å². The average Bonchev–Trinajstić information content (AvgIpc) is 2.42. The van der Waals surface area contributed by atoms with Crippen LogP contribution in [-0.4, -0.2) is 8.42 Å². The third-order valence-electron chi connectivity index (χ3n) is 2.80. The molecule has 0 aliphatic carbocycles. The van der Waals surface area contributed by atoms with Crippen LogP contribution in [0.1, 0.15) is 18.9 Å². The van der Waals surface area contributed by atoms with Crippen LogP contribution in [0.5, 0.6) is 0 Å². The van der Waals surface area contributed by atoms with E-state index in [1.54, 1.807) is 42.5 Å². The predicted octanol–water partition coefficient (Wildman–Crippen LogP) is 3.44. The van der Waals surface area contributed by atoms with Crippen molar-refractivity contribution in [1.29, 1.82) is 0 Å². The average molecular weight is 275 g/mol. The minimum atomic E-state index is -3.49. The highest BCUT2D eigenvalue weighted by molar-refractivity contribution is 7.92. The summed E-state index contributed by atoms with van der Waals surface area (Å²) >= 11 is 0. The molecule has 0 amide bonds. The summed E-state index contributed by atoms with van der Waals surface area (Å²) in [5.41, 5.74) is 1.80. The molecule has 0 aromatic heterocycles. The smallest absolute Gasteiger partial charge is 0.261 e. The molecule has 1 N–H and O–H groups in total. The van der Waals surface area contributed by atoms with Gasteiger partial charge in [-0.15, -0.1) is 0 Å². The molecular weight excluding hydrogens is 258 g/mol. The zero-order valence-corrected chi connectivity index (χ0v) is 11.7. The van der Waals surface area contributed by atoms with Crippen molar-refractivity contribution < 1.29 is 8.42 Å². The molecule has 4 heteroatoms. The van der Waals surface area contributed by atoms with Crippen LogP contribution in [0.15, 0.2) is 59.5 Å². The lowest BCUT2D eigenvalue weighted by Crippen LogP contribution is -2.12. The molecule has 0 unspecified atom stereocenters. The van der Waals surface area contributed by atoms with Gasteiger partial charge in [-0.1, -0.05) is 43.7 Å². The summed E-state index contributed by atoms with van der Waals surface area (Å²) in [5, 5.41) is 0. The molecule has 0 saturated carbocycles. The van der Waals surface area contributed by atoms with Crippen LogP contribution in [-0.2, 0) is 16.4 Å². The second kappa shape index (κ2) is 5.89. The third kappa shape index (κ3) is 3.58. The highest BCUT2D eigenvalue weighted by Crippen LogP contribution is 2.16. The van der Waals surface area contributed by atoms with Crippen molar-refractivity contribution in [3.05, 3.63) is 60.2 Å². The Hall–Kier alpha value is -1.81. The topological polar surface area (TPSA) is 46.2 Å². The Kier molecular flexibility index (Phi) is 4.22. The monoisotopic (exact) mass is 275 g/mol. The van der Waals surface area contributed by atoms with Gasteiger partial charge >= 0.3 is 0 Å². The second-order valence-electron chi connectivity index (χ2n) is 4.37. The van der Waals surface area contributed by atoms with Crippen LogP contribution >= 0.6 is 0 Å². The summed E-state index contributed by atoms with van der Waals surface area (Å²) in [6, 6.07) is 15.9. The van der Waals surface area contributed by atoms with Gasteiger partial charge < -0.3 is 0 Å². The van der Waals surface area contributed by atoms with Crippen LogP contribution in [0.4, 0.5) is 5.69 Å². The SMILES string of the molecule is CCCc1ccc(NS(=O)(=O)c2ccccc2)cc1. The van der Waals surface area contributed by atoms with Crippen LogP contribution in [0.25, 0.3) is 0 Å². The highest BCUT2D eigenvalue weighted by atomic mass is 32.2. The number of rotatable bonds is 5. The molecular formula is C15H17NO2S. The maximum atomic E-state index is 12.1.